The molecule has 0 heterocycles. The number of aryl methyl sites for hydroxylation is 1. The lowest BCUT2D eigenvalue weighted by Crippen LogP contribution is -2.12. The summed E-state index contributed by atoms with van der Waals surface area (Å²) < 4.78 is 49.2. The van der Waals surface area contributed by atoms with Crippen LogP contribution in [0.5, 0.6) is 5.75 Å². The van der Waals surface area contributed by atoms with Crippen molar-refractivity contribution in [3.05, 3.63) is 33.9 Å². The van der Waals surface area contributed by atoms with Gasteiger partial charge in [0, 0.05) is 5.56 Å². The zero-order valence-corrected chi connectivity index (χ0v) is 21.1. The zero-order valence-electron chi connectivity index (χ0n) is 19.4. The van der Waals surface area contributed by atoms with E-state index >= 15 is 0 Å². The fraction of sp³-hybridized carbons (Fsp3) is 0.619. The molecular weight excluding hydrogens is 426 g/mol. The summed E-state index contributed by atoms with van der Waals surface area (Å²) in [6, 6.07) is 3.49. The van der Waals surface area contributed by atoms with Crippen LogP contribution in [0.1, 0.15) is 65.2 Å². The molecule has 0 saturated carbocycles. The average molecular weight is 462 g/mol. The van der Waals surface area contributed by atoms with E-state index in [1.54, 1.807) is 46.8 Å². The number of rotatable bonds is 11. The molecule has 0 unspecified atom stereocenters. The zero-order chi connectivity index (χ0) is 23.2. The Kier molecular flexibility index (Phi) is 10.0. The Bertz CT molecular complexity index is 788. The van der Waals surface area contributed by atoms with Crippen LogP contribution in [0.4, 0.5) is 0 Å². The molecule has 7 nitrogen and oxygen atoms in total. The average Bonchev–Trinajstić information content (AvgIpc) is 2.62. The van der Waals surface area contributed by atoms with Crippen LogP contribution in [0, 0.1) is 6.92 Å². The molecule has 0 bridgehead atoms. The molecule has 0 fully saturated rings. The van der Waals surface area contributed by atoms with Crippen molar-refractivity contribution in [3.8, 4) is 5.75 Å². The number of phenolic OH excluding ortho intramolecular Hbond substituents is 1. The number of hydrogen-bond donors (Lipinski definition) is 1. The van der Waals surface area contributed by atoms with Crippen LogP contribution in [-0.4, -0.2) is 31.5 Å². The lowest BCUT2D eigenvalue weighted by molar-refractivity contribution is 0.214. The summed E-state index contributed by atoms with van der Waals surface area (Å²) >= 11 is 0. The smallest absolute Gasteiger partial charge is 0.369 e. The van der Waals surface area contributed by atoms with Crippen molar-refractivity contribution in [3.63, 3.8) is 0 Å². The van der Waals surface area contributed by atoms with Gasteiger partial charge in [-0.3, -0.25) is 9.13 Å². The van der Waals surface area contributed by atoms with Crippen molar-refractivity contribution < 1.29 is 32.3 Å². The Hall–Kier alpha value is -0.940. The number of aromatic hydroxyl groups is 1. The van der Waals surface area contributed by atoms with E-state index < -0.39 is 15.2 Å². The van der Waals surface area contributed by atoms with Gasteiger partial charge in [-0.25, -0.2) is 0 Å². The van der Waals surface area contributed by atoms with E-state index in [0.717, 1.165) is 0 Å². The molecule has 9 heteroatoms. The van der Waals surface area contributed by atoms with E-state index in [9.17, 15) is 14.2 Å². The van der Waals surface area contributed by atoms with Gasteiger partial charge in [0.05, 0.1) is 26.4 Å². The van der Waals surface area contributed by atoms with Crippen LogP contribution in [0.2, 0.25) is 0 Å². The van der Waals surface area contributed by atoms with E-state index in [0.29, 0.717) is 16.7 Å². The van der Waals surface area contributed by atoms with Gasteiger partial charge in [-0.1, -0.05) is 20.8 Å². The van der Waals surface area contributed by atoms with Crippen LogP contribution in [0.15, 0.2) is 17.2 Å². The quantitative estimate of drug-likeness (QED) is 0.360. The monoisotopic (exact) mass is 462 g/mol. The van der Waals surface area contributed by atoms with Crippen LogP contribution in [0.25, 0.3) is 6.08 Å². The van der Waals surface area contributed by atoms with E-state index in [1.807, 2.05) is 20.8 Å². The molecule has 1 aromatic carbocycles. The van der Waals surface area contributed by atoms with Crippen LogP contribution < -0.4 is 0 Å². The van der Waals surface area contributed by atoms with E-state index in [4.69, 9.17) is 18.1 Å². The maximum atomic E-state index is 13.7. The second-order valence-corrected chi connectivity index (χ2v) is 12.0. The van der Waals surface area contributed by atoms with Crippen molar-refractivity contribution >= 4 is 21.3 Å². The number of hydrogen-bond acceptors (Lipinski definition) is 7. The highest BCUT2D eigenvalue weighted by atomic mass is 31.2. The maximum absolute atomic E-state index is 13.7. The van der Waals surface area contributed by atoms with E-state index in [-0.39, 0.29) is 42.6 Å². The van der Waals surface area contributed by atoms with E-state index in [1.165, 1.54) is 6.08 Å². The van der Waals surface area contributed by atoms with Gasteiger partial charge in [0.2, 0.25) is 0 Å². The van der Waals surface area contributed by atoms with Crippen LogP contribution in [-0.2, 0) is 32.6 Å². The highest BCUT2D eigenvalue weighted by Crippen LogP contribution is 2.74. The lowest BCUT2D eigenvalue weighted by Gasteiger charge is -2.26. The predicted molar refractivity (Wildman–Crippen MR) is 121 cm³/mol. The first-order valence-electron chi connectivity index (χ1n) is 10.2. The van der Waals surface area contributed by atoms with Crippen molar-refractivity contribution in [1.29, 1.82) is 0 Å². The molecule has 0 amide bonds. The Balaban J connectivity index is 3.87. The minimum atomic E-state index is -3.97. The van der Waals surface area contributed by atoms with Crippen LogP contribution in [0.3, 0.4) is 0 Å². The third-order valence-electron chi connectivity index (χ3n) is 4.18. The fourth-order valence-electron chi connectivity index (χ4n) is 2.94. The summed E-state index contributed by atoms with van der Waals surface area (Å²) in [5, 5.41) is 10.4. The van der Waals surface area contributed by atoms with Gasteiger partial charge < -0.3 is 23.2 Å². The minimum absolute atomic E-state index is 0.0920. The molecule has 172 valence electrons. The fourth-order valence-corrected chi connectivity index (χ4v) is 7.48. The Morgan fingerprint density at radius 1 is 0.900 bits per heavy atom. The van der Waals surface area contributed by atoms with Crippen LogP contribution >= 0.6 is 15.2 Å². The van der Waals surface area contributed by atoms with Gasteiger partial charge in [-0.05, 0) is 69.4 Å². The molecule has 0 aromatic heterocycles. The van der Waals surface area contributed by atoms with Gasteiger partial charge in [0.1, 0.15) is 5.75 Å². The van der Waals surface area contributed by atoms with Crippen molar-refractivity contribution in [2.75, 3.05) is 26.4 Å². The molecule has 0 aliphatic rings. The first-order valence-corrected chi connectivity index (χ1v) is 13.3. The standard InChI is InChI=1S/C21H36O7P2/c1-9-25-29(23,26-10-2)19(30(24,27-11-3)28-12-4)15-17-13-16(5)20(22)18(14-17)21(6,7)8/h13-15,22H,9-12H2,1-8H3. The summed E-state index contributed by atoms with van der Waals surface area (Å²) in [6.07, 6.45) is 1.49. The highest BCUT2D eigenvalue weighted by molar-refractivity contribution is 7.79. The molecule has 0 spiro atoms. The van der Waals surface area contributed by atoms with Crippen molar-refractivity contribution in [2.45, 2.75) is 60.8 Å². The topological polar surface area (TPSA) is 91.3 Å². The van der Waals surface area contributed by atoms with Gasteiger partial charge in [-0.2, -0.15) is 0 Å². The molecule has 0 aliphatic carbocycles. The SMILES string of the molecule is CCOP(=O)(OCC)C(=Cc1cc(C)c(O)c(C(C)(C)C)c1)P(=O)(OCC)OCC. The third-order valence-corrected chi connectivity index (χ3v) is 9.43. The summed E-state index contributed by atoms with van der Waals surface area (Å²) in [4.78, 5) is 0. The molecule has 1 aromatic rings. The second kappa shape index (κ2) is 11.1. The number of phenols is 1. The summed E-state index contributed by atoms with van der Waals surface area (Å²) in [5.74, 6) is 0.191. The Labute approximate surface area is 180 Å². The van der Waals surface area contributed by atoms with Crippen molar-refractivity contribution in [2.24, 2.45) is 0 Å². The van der Waals surface area contributed by atoms with Gasteiger partial charge in [-0.15, -0.1) is 0 Å². The lowest BCUT2D eigenvalue weighted by atomic mass is 9.84. The molecule has 0 saturated heterocycles. The van der Waals surface area contributed by atoms with Gasteiger partial charge >= 0.3 is 15.2 Å². The Morgan fingerprint density at radius 2 is 1.30 bits per heavy atom. The summed E-state index contributed by atoms with van der Waals surface area (Å²) in [5.41, 5.74) is 1.59. The molecule has 0 radical (unpaired) electrons. The molecular formula is C21H36O7P2. The molecule has 1 rings (SSSR count). The van der Waals surface area contributed by atoms with E-state index in [2.05, 4.69) is 0 Å². The summed E-state index contributed by atoms with van der Waals surface area (Å²) in [6.45, 7) is 14.8. The molecule has 30 heavy (non-hydrogen) atoms. The minimum Gasteiger partial charge on any atom is -0.507 e. The first-order chi connectivity index (χ1) is 13.9. The highest BCUT2D eigenvalue weighted by Gasteiger charge is 2.45. The summed E-state index contributed by atoms with van der Waals surface area (Å²) in [7, 11) is -7.95. The van der Waals surface area contributed by atoms with Crippen molar-refractivity contribution in [1.82, 2.24) is 0 Å². The van der Waals surface area contributed by atoms with Gasteiger partial charge in [0.25, 0.3) is 0 Å². The maximum Gasteiger partial charge on any atom is 0.369 e. The second-order valence-electron chi connectivity index (χ2n) is 7.65. The largest absolute Gasteiger partial charge is 0.507 e. The normalized spacial score (nSPS) is 12.8. The molecule has 0 atom stereocenters. The molecule has 1 N–H and O–H groups in total. The predicted octanol–water partition coefficient (Wildman–Crippen LogP) is 6.83. The third kappa shape index (κ3) is 6.53. The first kappa shape index (κ1) is 27.1. The number of benzene rings is 1. The molecule has 0 aliphatic heterocycles. The van der Waals surface area contributed by atoms with Gasteiger partial charge in [0.15, 0.2) is 5.06 Å². The Morgan fingerprint density at radius 3 is 1.63 bits per heavy atom.